The van der Waals surface area contributed by atoms with Gasteiger partial charge in [-0.05, 0) is 57.9 Å². The summed E-state index contributed by atoms with van der Waals surface area (Å²) in [6.45, 7) is 7.89. The van der Waals surface area contributed by atoms with Crippen molar-refractivity contribution in [3.8, 4) is 5.75 Å². The lowest BCUT2D eigenvalue weighted by Gasteiger charge is -2.39. The van der Waals surface area contributed by atoms with E-state index in [1.54, 1.807) is 29.3 Å². The van der Waals surface area contributed by atoms with E-state index in [-0.39, 0.29) is 18.3 Å². The van der Waals surface area contributed by atoms with Crippen LogP contribution in [0.4, 0.5) is 5.69 Å². The predicted molar refractivity (Wildman–Crippen MR) is 119 cm³/mol. The minimum atomic E-state index is -0.480. The third-order valence-corrected chi connectivity index (χ3v) is 4.73. The zero-order valence-electron chi connectivity index (χ0n) is 17.8. The summed E-state index contributed by atoms with van der Waals surface area (Å²) in [6.07, 6.45) is 1.17. The number of nitrogens with zero attached hydrogens (tertiary/aromatic N) is 1. The molecule has 1 amide bonds. The van der Waals surface area contributed by atoms with Crippen LogP contribution in [0.3, 0.4) is 0 Å². The molecule has 1 atom stereocenters. The van der Waals surface area contributed by atoms with Crippen LogP contribution in [0.2, 0.25) is 0 Å². The second-order valence-electron chi connectivity index (χ2n) is 8.05. The summed E-state index contributed by atoms with van der Waals surface area (Å²) in [5.41, 5.74) is 1.75. The molecule has 0 radical (unpaired) electrons. The highest BCUT2D eigenvalue weighted by atomic mass is 35.5. The largest absolute Gasteiger partial charge is 0.472 e. The van der Waals surface area contributed by atoms with Gasteiger partial charge in [-0.3, -0.25) is 4.79 Å². The highest BCUT2D eigenvalue weighted by molar-refractivity contribution is 5.94. The molecule has 0 spiro atoms. The lowest BCUT2D eigenvalue weighted by molar-refractivity contribution is -0.235. The molecule has 30 heavy (non-hydrogen) atoms. The van der Waals surface area contributed by atoms with Gasteiger partial charge in [0.15, 0.2) is 6.23 Å². The number of hydrogen-bond acceptors (Lipinski definition) is 5. The second kappa shape index (κ2) is 9.96. The van der Waals surface area contributed by atoms with Gasteiger partial charge in [-0.1, -0.05) is 36.3 Å². The van der Waals surface area contributed by atoms with Gasteiger partial charge < -0.3 is 14.9 Å². The standard InChI is InChI=1S/C23H28N2O4.ClH/c1-5-21(28-19-13-9-12-18-17(19)14-15-20(26)24-18)25(23(2,3)4)29-22(27)16-10-7-6-8-11-16;/h6-13,21H,5,14-15H2,1-4H3,(H,24,26);1H. The molecule has 1 heterocycles. The van der Waals surface area contributed by atoms with Crippen LogP contribution in [0, 0.1) is 0 Å². The Morgan fingerprint density at radius 2 is 1.80 bits per heavy atom. The summed E-state index contributed by atoms with van der Waals surface area (Å²) >= 11 is 0. The van der Waals surface area contributed by atoms with E-state index in [4.69, 9.17) is 9.57 Å². The molecule has 2 aromatic carbocycles. The summed E-state index contributed by atoms with van der Waals surface area (Å²) in [5, 5.41) is 4.50. The topological polar surface area (TPSA) is 67.9 Å². The number of benzene rings is 2. The van der Waals surface area contributed by atoms with Crippen LogP contribution in [0.15, 0.2) is 48.5 Å². The first kappa shape index (κ1) is 23.7. The molecule has 0 fully saturated rings. The summed E-state index contributed by atoms with van der Waals surface area (Å²) in [6, 6.07) is 14.5. The van der Waals surface area contributed by atoms with Gasteiger partial charge in [0, 0.05) is 17.7 Å². The molecule has 162 valence electrons. The summed E-state index contributed by atoms with van der Waals surface area (Å²) in [4.78, 5) is 30.2. The highest BCUT2D eigenvalue weighted by Crippen LogP contribution is 2.33. The van der Waals surface area contributed by atoms with E-state index in [1.807, 2.05) is 52.0 Å². The number of rotatable bonds is 6. The van der Waals surface area contributed by atoms with E-state index in [2.05, 4.69) is 5.32 Å². The number of amides is 1. The van der Waals surface area contributed by atoms with Gasteiger partial charge in [-0.15, -0.1) is 12.4 Å². The van der Waals surface area contributed by atoms with Gasteiger partial charge >= 0.3 is 5.97 Å². The molecule has 0 bridgehead atoms. The van der Waals surface area contributed by atoms with Crippen LogP contribution in [-0.2, 0) is 16.1 Å². The van der Waals surface area contributed by atoms with Crippen LogP contribution in [0.1, 0.15) is 56.5 Å². The van der Waals surface area contributed by atoms with Crippen LogP contribution in [0.5, 0.6) is 5.75 Å². The van der Waals surface area contributed by atoms with Crippen molar-refractivity contribution in [2.75, 3.05) is 5.32 Å². The molecule has 6 nitrogen and oxygen atoms in total. The Labute approximate surface area is 183 Å². The van der Waals surface area contributed by atoms with E-state index in [9.17, 15) is 9.59 Å². The summed E-state index contributed by atoms with van der Waals surface area (Å²) in [7, 11) is 0. The number of carbonyl (C=O) groups is 2. The van der Waals surface area contributed by atoms with E-state index >= 15 is 0 Å². The van der Waals surface area contributed by atoms with Crippen molar-refractivity contribution < 1.29 is 19.2 Å². The number of ether oxygens (including phenoxy) is 1. The Morgan fingerprint density at radius 1 is 1.10 bits per heavy atom. The first-order valence-electron chi connectivity index (χ1n) is 9.94. The molecule has 3 rings (SSSR count). The Kier molecular flexibility index (Phi) is 7.87. The van der Waals surface area contributed by atoms with Crippen molar-refractivity contribution in [1.82, 2.24) is 5.06 Å². The van der Waals surface area contributed by atoms with Crippen molar-refractivity contribution in [3.63, 3.8) is 0 Å². The van der Waals surface area contributed by atoms with E-state index in [0.717, 1.165) is 11.3 Å². The fourth-order valence-corrected chi connectivity index (χ4v) is 3.29. The number of carbonyl (C=O) groups excluding carboxylic acids is 2. The number of hydroxylamine groups is 2. The summed E-state index contributed by atoms with van der Waals surface area (Å²) in [5.74, 6) is 0.277. The second-order valence-corrected chi connectivity index (χ2v) is 8.05. The van der Waals surface area contributed by atoms with Gasteiger partial charge in [0.25, 0.3) is 0 Å². The number of fused-ring (bicyclic) bond motifs is 1. The molecule has 0 aromatic heterocycles. The van der Waals surface area contributed by atoms with Crippen molar-refractivity contribution in [2.45, 2.75) is 58.7 Å². The molecule has 1 N–H and O–H groups in total. The third kappa shape index (κ3) is 5.52. The Bertz CT molecular complexity index is 881. The Hall–Kier alpha value is -2.57. The van der Waals surface area contributed by atoms with Crippen molar-refractivity contribution in [1.29, 1.82) is 0 Å². The van der Waals surface area contributed by atoms with E-state index in [0.29, 0.717) is 30.6 Å². The molecule has 1 aliphatic rings. The fourth-order valence-electron chi connectivity index (χ4n) is 3.29. The van der Waals surface area contributed by atoms with E-state index < -0.39 is 17.7 Å². The normalized spacial score (nSPS) is 14.2. The number of anilines is 1. The maximum Gasteiger partial charge on any atom is 0.357 e. The average molecular weight is 433 g/mol. The van der Waals surface area contributed by atoms with Gasteiger partial charge in [0.1, 0.15) is 5.75 Å². The summed E-state index contributed by atoms with van der Waals surface area (Å²) < 4.78 is 6.32. The minimum absolute atomic E-state index is 0. The smallest absolute Gasteiger partial charge is 0.357 e. The zero-order chi connectivity index (χ0) is 21.0. The van der Waals surface area contributed by atoms with Crippen molar-refractivity contribution in [2.24, 2.45) is 0 Å². The molecular formula is C23H29ClN2O4. The quantitative estimate of drug-likeness (QED) is 0.515. The first-order valence-corrected chi connectivity index (χ1v) is 9.94. The number of hydrogen-bond donors (Lipinski definition) is 1. The fraction of sp³-hybridized carbons (Fsp3) is 0.391. The van der Waals surface area contributed by atoms with Gasteiger partial charge in [0.2, 0.25) is 5.91 Å². The lowest BCUT2D eigenvalue weighted by Crippen LogP contribution is -2.51. The molecule has 0 aliphatic carbocycles. The van der Waals surface area contributed by atoms with Gasteiger partial charge in [-0.2, -0.15) is 0 Å². The van der Waals surface area contributed by atoms with E-state index in [1.165, 1.54) is 0 Å². The first-order chi connectivity index (χ1) is 13.8. The zero-order valence-corrected chi connectivity index (χ0v) is 18.6. The van der Waals surface area contributed by atoms with Gasteiger partial charge in [-0.25, -0.2) is 4.79 Å². The molecule has 2 aromatic rings. The maximum absolute atomic E-state index is 12.7. The molecule has 7 heteroatoms. The Morgan fingerprint density at radius 3 is 2.43 bits per heavy atom. The monoisotopic (exact) mass is 432 g/mol. The number of nitrogens with one attached hydrogen (secondary N) is 1. The maximum atomic E-state index is 12.7. The lowest BCUT2D eigenvalue weighted by atomic mass is 10.0. The average Bonchev–Trinajstić information content (AvgIpc) is 2.70. The Balaban J connectivity index is 0.00000320. The van der Waals surface area contributed by atoms with Crippen LogP contribution >= 0.6 is 12.4 Å². The molecule has 1 aliphatic heterocycles. The molecular weight excluding hydrogens is 404 g/mol. The van der Waals surface area contributed by atoms with Crippen LogP contribution < -0.4 is 10.1 Å². The van der Waals surface area contributed by atoms with Crippen molar-refractivity contribution in [3.05, 3.63) is 59.7 Å². The minimum Gasteiger partial charge on any atom is -0.472 e. The molecule has 0 saturated carbocycles. The number of halogens is 1. The van der Waals surface area contributed by atoms with Crippen LogP contribution in [0.25, 0.3) is 0 Å². The van der Waals surface area contributed by atoms with Crippen LogP contribution in [-0.4, -0.2) is 28.7 Å². The third-order valence-electron chi connectivity index (χ3n) is 4.73. The molecule has 1 unspecified atom stereocenters. The van der Waals surface area contributed by atoms with Crippen molar-refractivity contribution >= 4 is 30.0 Å². The molecule has 0 saturated heterocycles. The SMILES string of the molecule is CCC(Oc1cccc2c1CCC(=O)N2)N(OC(=O)c1ccccc1)C(C)(C)C.Cl. The highest BCUT2D eigenvalue weighted by Gasteiger charge is 2.34. The van der Waals surface area contributed by atoms with Gasteiger partial charge in [0.05, 0.1) is 11.1 Å². The predicted octanol–water partition coefficient (Wildman–Crippen LogP) is 4.98.